The van der Waals surface area contributed by atoms with E-state index >= 15 is 0 Å². The molecule has 0 aromatic rings. The Morgan fingerprint density at radius 2 is 1.65 bits per heavy atom. The molecule has 2 amide bonds. The molecule has 1 aliphatic rings. The molecule has 0 saturated carbocycles. The van der Waals surface area contributed by atoms with E-state index in [1.807, 2.05) is 27.7 Å². The Morgan fingerprint density at radius 1 is 1.06 bits per heavy atom. The van der Waals surface area contributed by atoms with Gasteiger partial charge in [0.25, 0.3) is 0 Å². The van der Waals surface area contributed by atoms with Crippen molar-refractivity contribution >= 4 is 17.8 Å². The van der Waals surface area contributed by atoms with Gasteiger partial charge in [-0.2, -0.15) is 0 Å². The number of piperidine rings is 1. The molecule has 1 aliphatic heterocycles. The molecule has 1 rings (SSSR count). The van der Waals surface area contributed by atoms with Crippen LogP contribution in [0.2, 0.25) is 0 Å². The lowest BCUT2D eigenvalue weighted by atomic mass is 9.91. The predicted molar refractivity (Wildman–Crippen MR) is 124 cm³/mol. The molecule has 178 valence electrons. The summed E-state index contributed by atoms with van der Waals surface area (Å²) in [6, 6.07) is -1.01. The monoisotopic (exact) mass is 437 g/mol. The summed E-state index contributed by atoms with van der Waals surface area (Å²) in [6.45, 7) is 16.6. The van der Waals surface area contributed by atoms with E-state index in [0.29, 0.717) is 5.92 Å². The minimum atomic E-state index is -1.000. The molecule has 2 N–H and O–H groups in total. The predicted octanol–water partition coefficient (Wildman–Crippen LogP) is 3.15. The SMILES string of the molecule is C/C(=C\[C@H](C(C)C)N(C)C(=O)[C@@H](NC(=O)[C@@H]1CC[C@H](C)CN1C(C)C)C(C)C)C(=O)O. The number of carboxylic acid groups (broad SMARTS) is 1. The molecule has 1 saturated heterocycles. The number of nitrogens with one attached hydrogen (secondary N) is 1. The molecule has 1 fully saturated rings. The first-order chi connectivity index (χ1) is 14.3. The number of amides is 2. The lowest BCUT2D eigenvalue weighted by molar-refractivity contribution is -0.140. The second-order valence-electron chi connectivity index (χ2n) is 10.1. The minimum absolute atomic E-state index is 0.0306. The Balaban J connectivity index is 3.06. The van der Waals surface area contributed by atoms with Crippen LogP contribution in [0.1, 0.15) is 68.2 Å². The summed E-state index contributed by atoms with van der Waals surface area (Å²) in [5.41, 5.74) is 0.201. The number of likely N-dealkylation sites (N-methyl/N-ethyl adjacent to an activating group) is 1. The standard InChI is InChI=1S/C24H43N3O4/c1-14(2)20(12-18(8)24(30)31)26(9)23(29)21(15(3)4)25-22(28)19-11-10-17(7)13-27(19)16(5)6/h12,14-17,19-21H,10-11,13H2,1-9H3,(H,25,28)(H,30,31)/b18-12+/t17-,19-,20+,21-/m0/s1. The Hall–Kier alpha value is -1.89. The van der Waals surface area contributed by atoms with Crippen LogP contribution in [0.4, 0.5) is 0 Å². The Labute approximate surface area is 188 Å². The van der Waals surface area contributed by atoms with Crippen LogP contribution in [-0.4, -0.2) is 70.4 Å². The second-order valence-corrected chi connectivity index (χ2v) is 10.1. The first-order valence-corrected chi connectivity index (χ1v) is 11.5. The van der Waals surface area contributed by atoms with Gasteiger partial charge in [0.05, 0.1) is 12.1 Å². The Bertz CT molecular complexity index is 672. The zero-order valence-corrected chi connectivity index (χ0v) is 20.8. The Morgan fingerprint density at radius 3 is 2.10 bits per heavy atom. The largest absolute Gasteiger partial charge is 0.478 e. The highest BCUT2D eigenvalue weighted by Gasteiger charge is 2.37. The van der Waals surface area contributed by atoms with E-state index in [1.54, 1.807) is 18.0 Å². The second kappa shape index (κ2) is 11.7. The van der Waals surface area contributed by atoms with Crippen LogP contribution in [0, 0.1) is 17.8 Å². The van der Waals surface area contributed by atoms with Gasteiger partial charge in [-0.25, -0.2) is 4.79 Å². The lowest BCUT2D eigenvalue weighted by Gasteiger charge is -2.41. The summed E-state index contributed by atoms with van der Waals surface area (Å²) < 4.78 is 0. The van der Waals surface area contributed by atoms with E-state index in [0.717, 1.165) is 19.4 Å². The zero-order valence-electron chi connectivity index (χ0n) is 20.8. The van der Waals surface area contributed by atoms with Crippen LogP contribution >= 0.6 is 0 Å². The fourth-order valence-corrected chi connectivity index (χ4v) is 4.25. The zero-order chi connectivity index (χ0) is 24.0. The fourth-order valence-electron chi connectivity index (χ4n) is 4.25. The number of rotatable bonds is 9. The van der Waals surface area contributed by atoms with Crippen LogP contribution in [0.3, 0.4) is 0 Å². The number of carboxylic acids is 1. The van der Waals surface area contributed by atoms with Crippen molar-refractivity contribution in [2.75, 3.05) is 13.6 Å². The number of hydrogen-bond donors (Lipinski definition) is 2. The first-order valence-electron chi connectivity index (χ1n) is 11.5. The smallest absolute Gasteiger partial charge is 0.331 e. The van der Waals surface area contributed by atoms with Gasteiger partial charge in [-0.05, 0) is 51.4 Å². The maximum Gasteiger partial charge on any atom is 0.331 e. The normalized spacial score (nSPS) is 22.5. The van der Waals surface area contributed by atoms with Crippen molar-refractivity contribution in [2.24, 2.45) is 17.8 Å². The lowest BCUT2D eigenvalue weighted by Crippen LogP contribution is -2.59. The van der Waals surface area contributed by atoms with Gasteiger partial charge >= 0.3 is 5.97 Å². The average molecular weight is 438 g/mol. The highest BCUT2D eigenvalue weighted by molar-refractivity contribution is 5.90. The van der Waals surface area contributed by atoms with Gasteiger partial charge < -0.3 is 15.3 Å². The number of nitrogens with zero attached hydrogens (tertiary/aromatic N) is 2. The van der Waals surface area contributed by atoms with Crippen molar-refractivity contribution in [3.05, 3.63) is 11.6 Å². The topological polar surface area (TPSA) is 90.0 Å². The highest BCUT2D eigenvalue weighted by Crippen LogP contribution is 2.24. The van der Waals surface area contributed by atoms with Gasteiger partial charge in [0.1, 0.15) is 6.04 Å². The van der Waals surface area contributed by atoms with Crippen molar-refractivity contribution in [1.29, 1.82) is 0 Å². The molecule has 0 aromatic heterocycles. The molecule has 0 spiro atoms. The number of carbonyl (C=O) groups excluding carboxylic acids is 2. The summed E-state index contributed by atoms with van der Waals surface area (Å²) in [4.78, 5) is 41.7. The van der Waals surface area contributed by atoms with Crippen LogP contribution < -0.4 is 5.32 Å². The number of hydrogen-bond acceptors (Lipinski definition) is 4. The molecular formula is C24H43N3O4. The molecule has 7 heteroatoms. The van der Waals surface area contributed by atoms with E-state index in [9.17, 15) is 19.5 Å². The van der Waals surface area contributed by atoms with E-state index in [-0.39, 0.29) is 47.3 Å². The van der Waals surface area contributed by atoms with Gasteiger partial charge in [-0.3, -0.25) is 14.5 Å². The van der Waals surface area contributed by atoms with Crippen molar-refractivity contribution in [3.8, 4) is 0 Å². The average Bonchev–Trinajstić information content (AvgIpc) is 2.67. The van der Waals surface area contributed by atoms with Gasteiger partial charge in [0.15, 0.2) is 0 Å². The van der Waals surface area contributed by atoms with Crippen molar-refractivity contribution in [3.63, 3.8) is 0 Å². The van der Waals surface area contributed by atoms with E-state index < -0.39 is 12.0 Å². The first kappa shape index (κ1) is 27.1. The van der Waals surface area contributed by atoms with Crippen LogP contribution in [0.5, 0.6) is 0 Å². The molecule has 0 aromatic carbocycles. The molecule has 31 heavy (non-hydrogen) atoms. The molecule has 0 bridgehead atoms. The quantitative estimate of drug-likeness (QED) is 0.541. The number of likely N-dealkylation sites (tertiary alicyclic amines) is 1. The van der Waals surface area contributed by atoms with Crippen LogP contribution in [-0.2, 0) is 14.4 Å². The van der Waals surface area contributed by atoms with Crippen molar-refractivity contribution < 1.29 is 19.5 Å². The summed E-state index contributed by atoms with van der Waals surface area (Å²) in [7, 11) is 1.68. The fraction of sp³-hybridized carbons (Fsp3) is 0.792. The van der Waals surface area contributed by atoms with Crippen molar-refractivity contribution in [2.45, 2.75) is 92.4 Å². The van der Waals surface area contributed by atoms with E-state index in [4.69, 9.17) is 0 Å². The summed E-state index contributed by atoms with van der Waals surface area (Å²) in [5.74, 6) is -0.804. The maximum atomic E-state index is 13.4. The summed E-state index contributed by atoms with van der Waals surface area (Å²) in [5, 5.41) is 12.3. The van der Waals surface area contributed by atoms with Crippen LogP contribution in [0.25, 0.3) is 0 Å². The molecule has 0 radical (unpaired) electrons. The van der Waals surface area contributed by atoms with Gasteiger partial charge in [0, 0.05) is 25.2 Å². The minimum Gasteiger partial charge on any atom is -0.478 e. The van der Waals surface area contributed by atoms with Crippen molar-refractivity contribution in [1.82, 2.24) is 15.1 Å². The Kier molecular flexibility index (Phi) is 10.2. The molecule has 7 nitrogen and oxygen atoms in total. The molecule has 1 heterocycles. The number of carbonyl (C=O) groups is 3. The molecule has 0 aliphatic carbocycles. The van der Waals surface area contributed by atoms with Gasteiger partial charge in [0.2, 0.25) is 11.8 Å². The van der Waals surface area contributed by atoms with E-state index in [1.165, 1.54) is 6.92 Å². The molecule has 0 unspecified atom stereocenters. The molecule has 4 atom stereocenters. The third-order valence-electron chi connectivity index (χ3n) is 6.29. The van der Waals surface area contributed by atoms with Gasteiger partial charge in [-0.15, -0.1) is 0 Å². The third kappa shape index (κ3) is 7.34. The maximum absolute atomic E-state index is 13.4. The number of aliphatic carboxylic acids is 1. The van der Waals surface area contributed by atoms with Gasteiger partial charge in [-0.1, -0.05) is 40.7 Å². The van der Waals surface area contributed by atoms with E-state index in [2.05, 4.69) is 31.0 Å². The summed E-state index contributed by atoms with van der Waals surface area (Å²) >= 11 is 0. The van der Waals surface area contributed by atoms with Crippen LogP contribution in [0.15, 0.2) is 11.6 Å². The highest BCUT2D eigenvalue weighted by atomic mass is 16.4. The summed E-state index contributed by atoms with van der Waals surface area (Å²) in [6.07, 6.45) is 3.40. The molecular weight excluding hydrogens is 394 g/mol. The third-order valence-corrected chi connectivity index (χ3v) is 6.29.